The Morgan fingerprint density at radius 1 is 1.25 bits per heavy atom. The molecular weight excluding hydrogens is 188 g/mol. The molecule has 2 aliphatic heterocycles. The minimum atomic E-state index is 0.414. The third-order valence-electron chi connectivity index (χ3n) is 2.61. The summed E-state index contributed by atoms with van der Waals surface area (Å²) >= 11 is 4.25. The molecule has 0 bridgehead atoms. The van der Waals surface area contributed by atoms with Gasteiger partial charge in [0, 0.05) is 0 Å². The highest BCUT2D eigenvalue weighted by molar-refractivity contribution is 8.18. The van der Waals surface area contributed by atoms with Crippen molar-refractivity contribution in [2.24, 2.45) is 0 Å². The van der Waals surface area contributed by atoms with Crippen molar-refractivity contribution in [2.45, 2.75) is 43.0 Å². The van der Waals surface area contributed by atoms with Gasteiger partial charge in [0.2, 0.25) is 0 Å². The molecule has 0 aliphatic carbocycles. The molecule has 0 aromatic carbocycles. The Hall–Kier alpha value is 0.660. The number of ether oxygens (including phenoxy) is 1. The molecule has 0 radical (unpaired) electrons. The van der Waals surface area contributed by atoms with Gasteiger partial charge in [0.25, 0.3) is 0 Å². The van der Waals surface area contributed by atoms with Crippen molar-refractivity contribution in [3.05, 3.63) is 0 Å². The van der Waals surface area contributed by atoms with Crippen molar-refractivity contribution in [3.8, 4) is 0 Å². The molecular formula is C9H16OS2. The molecule has 1 nitrogen and oxygen atoms in total. The van der Waals surface area contributed by atoms with Crippen molar-refractivity contribution in [1.29, 1.82) is 0 Å². The summed E-state index contributed by atoms with van der Waals surface area (Å²) in [6, 6.07) is 0. The highest BCUT2D eigenvalue weighted by Crippen LogP contribution is 2.52. The maximum Gasteiger partial charge on any atom is 0.0893 e. The largest absolute Gasteiger partial charge is 0.373 e. The fourth-order valence-electron chi connectivity index (χ4n) is 2.01. The van der Waals surface area contributed by atoms with E-state index in [4.69, 9.17) is 4.74 Å². The van der Waals surface area contributed by atoms with Gasteiger partial charge in [-0.15, -0.1) is 23.5 Å². The van der Waals surface area contributed by atoms with E-state index < -0.39 is 0 Å². The normalized spacial score (nSPS) is 40.5. The lowest BCUT2D eigenvalue weighted by molar-refractivity contribution is 0.0664. The van der Waals surface area contributed by atoms with Gasteiger partial charge in [0.15, 0.2) is 0 Å². The minimum Gasteiger partial charge on any atom is -0.373 e. The Labute approximate surface area is 83.0 Å². The first-order chi connectivity index (χ1) is 5.73. The van der Waals surface area contributed by atoms with E-state index >= 15 is 0 Å². The molecule has 0 N–H and O–H groups in total. The van der Waals surface area contributed by atoms with Crippen molar-refractivity contribution < 1.29 is 4.74 Å². The smallest absolute Gasteiger partial charge is 0.0893 e. The molecule has 0 amide bonds. The van der Waals surface area contributed by atoms with Crippen molar-refractivity contribution >= 4 is 23.5 Å². The number of rotatable bonds is 0. The predicted octanol–water partition coefficient (Wildman–Crippen LogP) is 2.75. The van der Waals surface area contributed by atoms with Crippen LogP contribution in [0.4, 0.5) is 0 Å². The number of thioether (sulfide) groups is 2. The summed E-state index contributed by atoms with van der Waals surface area (Å²) in [5, 5.41) is 0. The van der Waals surface area contributed by atoms with E-state index in [-0.39, 0.29) is 0 Å². The predicted molar refractivity (Wildman–Crippen MR) is 56.9 cm³/mol. The number of hydrogen-bond acceptors (Lipinski definition) is 3. The molecule has 1 spiro atoms. The molecule has 0 unspecified atom stereocenters. The second-order valence-electron chi connectivity index (χ2n) is 3.66. The first kappa shape index (κ1) is 9.22. The zero-order valence-corrected chi connectivity index (χ0v) is 9.34. The lowest BCUT2D eigenvalue weighted by Gasteiger charge is -2.34. The van der Waals surface area contributed by atoms with Gasteiger partial charge in [-0.3, -0.25) is 0 Å². The maximum atomic E-state index is 5.81. The van der Waals surface area contributed by atoms with Gasteiger partial charge >= 0.3 is 0 Å². The van der Waals surface area contributed by atoms with Crippen LogP contribution in [0.1, 0.15) is 26.7 Å². The van der Waals surface area contributed by atoms with Gasteiger partial charge < -0.3 is 4.74 Å². The van der Waals surface area contributed by atoms with E-state index in [1.54, 1.807) is 0 Å². The van der Waals surface area contributed by atoms with Crippen LogP contribution in [0.25, 0.3) is 0 Å². The van der Waals surface area contributed by atoms with Gasteiger partial charge in [-0.05, 0) is 38.2 Å². The van der Waals surface area contributed by atoms with E-state index in [0.29, 0.717) is 16.3 Å². The lowest BCUT2D eigenvalue weighted by atomic mass is 10.2. The molecule has 2 atom stereocenters. The SMILES string of the molecule is C[C@@H]1O[C@@H](C)CC12SCCCS2. The summed E-state index contributed by atoms with van der Waals surface area (Å²) in [5.74, 6) is 2.65. The molecule has 2 aliphatic rings. The first-order valence-corrected chi connectivity index (χ1v) is 6.63. The molecule has 0 saturated carbocycles. The van der Waals surface area contributed by atoms with E-state index in [9.17, 15) is 0 Å². The van der Waals surface area contributed by atoms with E-state index in [2.05, 4.69) is 37.4 Å². The molecule has 0 aromatic heterocycles. The van der Waals surface area contributed by atoms with Crippen molar-refractivity contribution in [1.82, 2.24) is 0 Å². The molecule has 2 saturated heterocycles. The fraction of sp³-hybridized carbons (Fsp3) is 1.00. The highest BCUT2D eigenvalue weighted by Gasteiger charge is 2.46. The van der Waals surface area contributed by atoms with Crippen LogP contribution in [-0.2, 0) is 4.74 Å². The van der Waals surface area contributed by atoms with Gasteiger partial charge in [-0.2, -0.15) is 0 Å². The second kappa shape index (κ2) is 3.43. The first-order valence-electron chi connectivity index (χ1n) is 4.66. The van der Waals surface area contributed by atoms with E-state index in [0.717, 1.165) is 0 Å². The maximum absolute atomic E-state index is 5.81. The average Bonchev–Trinajstić information content (AvgIpc) is 2.29. The van der Waals surface area contributed by atoms with Gasteiger partial charge in [0.1, 0.15) is 0 Å². The van der Waals surface area contributed by atoms with Crippen molar-refractivity contribution in [3.63, 3.8) is 0 Å². The van der Waals surface area contributed by atoms with Crippen LogP contribution in [0.2, 0.25) is 0 Å². The topological polar surface area (TPSA) is 9.23 Å². The van der Waals surface area contributed by atoms with Crippen molar-refractivity contribution in [2.75, 3.05) is 11.5 Å². The second-order valence-corrected chi connectivity index (χ2v) is 6.76. The molecule has 12 heavy (non-hydrogen) atoms. The van der Waals surface area contributed by atoms with Crippen LogP contribution in [0.15, 0.2) is 0 Å². The Kier molecular flexibility index (Phi) is 2.64. The molecule has 3 heteroatoms. The fourth-order valence-corrected chi connectivity index (χ4v) is 5.58. The van der Waals surface area contributed by atoms with E-state index in [1.165, 1.54) is 24.3 Å². The zero-order valence-electron chi connectivity index (χ0n) is 7.71. The van der Waals surface area contributed by atoms with Crippen LogP contribution >= 0.6 is 23.5 Å². The quantitative estimate of drug-likeness (QED) is 0.600. The van der Waals surface area contributed by atoms with Gasteiger partial charge in [0.05, 0.1) is 16.3 Å². The third-order valence-corrected chi connectivity index (χ3v) is 6.28. The minimum absolute atomic E-state index is 0.414. The molecule has 70 valence electrons. The molecule has 2 fully saturated rings. The summed E-state index contributed by atoms with van der Waals surface area (Å²) in [6.45, 7) is 4.43. The third kappa shape index (κ3) is 1.51. The average molecular weight is 204 g/mol. The lowest BCUT2D eigenvalue weighted by Crippen LogP contribution is -2.32. The molecule has 0 aromatic rings. The molecule has 2 rings (SSSR count). The summed E-state index contributed by atoms with van der Waals surface area (Å²) in [4.78, 5) is 0. The highest BCUT2D eigenvalue weighted by atomic mass is 32.2. The number of hydrogen-bond donors (Lipinski definition) is 0. The summed E-state index contributed by atoms with van der Waals surface area (Å²) in [6.07, 6.45) is 3.53. The summed E-state index contributed by atoms with van der Waals surface area (Å²) < 4.78 is 6.23. The Morgan fingerprint density at radius 3 is 2.42 bits per heavy atom. The van der Waals surface area contributed by atoms with Crippen LogP contribution in [0.3, 0.4) is 0 Å². The zero-order chi connectivity index (χ0) is 8.60. The van der Waals surface area contributed by atoms with E-state index in [1.807, 2.05) is 0 Å². The molecule has 2 heterocycles. The Bertz CT molecular complexity index is 166. The summed E-state index contributed by atoms with van der Waals surface area (Å²) in [5.41, 5.74) is 0. The van der Waals surface area contributed by atoms with Crippen LogP contribution < -0.4 is 0 Å². The standard InChI is InChI=1S/C9H16OS2/c1-7-6-9(8(2)10-7)11-4-3-5-12-9/h7-8H,3-6H2,1-2H3/t7-,8-/m0/s1. The Balaban J connectivity index is 2.08. The van der Waals surface area contributed by atoms with Crippen LogP contribution in [0, 0.1) is 0 Å². The van der Waals surface area contributed by atoms with Gasteiger partial charge in [-0.1, -0.05) is 0 Å². The van der Waals surface area contributed by atoms with Gasteiger partial charge in [-0.25, -0.2) is 0 Å². The monoisotopic (exact) mass is 204 g/mol. The Morgan fingerprint density at radius 2 is 1.92 bits per heavy atom. The summed E-state index contributed by atoms with van der Waals surface area (Å²) in [7, 11) is 0. The van der Waals surface area contributed by atoms with Crippen LogP contribution in [-0.4, -0.2) is 27.8 Å². The van der Waals surface area contributed by atoms with Crippen LogP contribution in [0.5, 0.6) is 0 Å².